The van der Waals surface area contributed by atoms with Crippen molar-refractivity contribution in [3.8, 4) is 5.75 Å². The Morgan fingerprint density at radius 1 is 1.11 bits per heavy atom. The molecule has 1 aliphatic heterocycles. The summed E-state index contributed by atoms with van der Waals surface area (Å²) in [6.45, 7) is 8.25. The van der Waals surface area contributed by atoms with Gasteiger partial charge in [-0.2, -0.15) is 13.2 Å². The molecule has 0 saturated carbocycles. The first-order valence-corrected chi connectivity index (χ1v) is 12.7. The first-order valence-electron chi connectivity index (χ1n) is 12.3. The number of rotatable bonds is 10. The topological polar surface area (TPSA) is 27.7 Å². The summed E-state index contributed by atoms with van der Waals surface area (Å²) in [5.74, 6) is 0.942. The lowest BCUT2D eigenvalue weighted by atomic mass is 9.90. The van der Waals surface area contributed by atoms with Crippen LogP contribution < -0.4 is 10.1 Å². The van der Waals surface area contributed by atoms with Crippen molar-refractivity contribution in [1.82, 2.24) is 9.80 Å². The molecule has 1 aliphatic rings. The maximum absolute atomic E-state index is 13.2. The average Bonchev–Trinajstić information content (AvgIpc) is 2.80. The minimum atomic E-state index is -4.47. The van der Waals surface area contributed by atoms with Crippen LogP contribution in [0, 0.1) is 13.8 Å². The van der Waals surface area contributed by atoms with Crippen LogP contribution in [0.15, 0.2) is 30.3 Å². The quantitative estimate of drug-likeness (QED) is 0.349. The minimum absolute atomic E-state index is 0.282. The number of benzene rings is 2. The molecule has 8 heteroatoms. The fourth-order valence-corrected chi connectivity index (χ4v) is 4.93. The predicted molar refractivity (Wildman–Crippen MR) is 138 cm³/mol. The van der Waals surface area contributed by atoms with Gasteiger partial charge in [0.15, 0.2) is 0 Å². The molecule has 1 heterocycles. The first-order chi connectivity index (χ1) is 16.6. The van der Waals surface area contributed by atoms with Crippen molar-refractivity contribution in [1.29, 1.82) is 0 Å². The van der Waals surface area contributed by atoms with Crippen molar-refractivity contribution in [3.05, 3.63) is 57.6 Å². The Morgan fingerprint density at radius 2 is 1.89 bits per heavy atom. The number of likely N-dealkylation sites (tertiary alicyclic amines) is 1. The van der Waals surface area contributed by atoms with Crippen molar-refractivity contribution in [2.75, 3.05) is 52.2 Å². The number of alkyl halides is 3. The molecule has 3 rings (SSSR count). The molecule has 2 aromatic rings. The van der Waals surface area contributed by atoms with Crippen LogP contribution in [0.5, 0.6) is 5.75 Å². The second-order valence-electron chi connectivity index (χ2n) is 9.57. The van der Waals surface area contributed by atoms with Crippen LogP contribution in [0.3, 0.4) is 0 Å². The summed E-state index contributed by atoms with van der Waals surface area (Å²) in [6.07, 6.45) is -0.121. The standard InChI is InChI=1S/C27H37ClF3N3O/c1-19-20(2)26(35-17-7-14-33(3)4)12-10-22(19)25-8-5-6-15-34(25)16-13-32-21-9-11-24(28)23(18-21)27(29,30)31/h9-12,18,25,32H,5-8,13-17H2,1-4H3. The van der Waals surface area contributed by atoms with Crippen molar-refractivity contribution in [3.63, 3.8) is 0 Å². The molecular weight excluding hydrogens is 475 g/mol. The van der Waals surface area contributed by atoms with Crippen LogP contribution in [-0.2, 0) is 6.18 Å². The number of piperidine rings is 1. The Balaban J connectivity index is 1.64. The summed E-state index contributed by atoms with van der Waals surface area (Å²) in [5.41, 5.74) is 3.37. The Bertz CT molecular complexity index is 981. The fourth-order valence-electron chi connectivity index (χ4n) is 4.70. The molecule has 0 spiro atoms. The summed E-state index contributed by atoms with van der Waals surface area (Å²) in [7, 11) is 4.12. The SMILES string of the molecule is Cc1c(OCCCN(C)C)ccc(C2CCCCN2CCNc2ccc(Cl)c(C(F)(F)F)c2)c1C. The van der Waals surface area contributed by atoms with Crippen molar-refractivity contribution in [2.24, 2.45) is 0 Å². The fraction of sp³-hybridized carbons (Fsp3) is 0.556. The number of anilines is 1. The summed E-state index contributed by atoms with van der Waals surface area (Å²) in [5, 5.41) is 2.87. The number of nitrogens with zero attached hydrogens (tertiary/aromatic N) is 2. The number of halogens is 4. The molecule has 0 radical (unpaired) electrons. The van der Waals surface area contributed by atoms with Crippen LogP contribution in [0.25, 0.3) is 0 Å². The van der Waals surface area contributed by atoms with E-state index in [4.69, 9.17) is 16.3 Å². The zero-order chi connectivity index (χ0) is 25.6. The lowest BCUT2D eigenvalue weighted by molar-refractivity contribution is -0.137. The molecule has 1 fully saturated rings. The minimum Gasteiger partial charge on any atom is -0.493 e. The number of hydrogen-bond donors (Lipinski definition) is 1. The third kappa shape index (κ3) is 7.51. The Hall–Kier alpha value is -1.96. The maximum Gasteiger partial charge on any atom is 0.417 e. The summed E-state index contributed by atoms with van der Waals surface area (Å²) in [4.78, 5) is 4.59. The lowest BCUT2D eigenvalue weighted by Gasteiger charge is -2.37. The zero-order valence-corrected chi connectivity index (χ0v) is 21.9. The number of ether oxygens (including phenoxy) is 1. The van der Waals surface area contributed by atoms with E-state index >= 15 is 0 Å². The second kappa shape index (κ2) is 12.3. The van der Waals surface area contributed by atoms with Gasteiger partial charge in [0.25, 0.3) is 0 Å². The summed E-state index contributed by atoms with van der Waals surface area (Å²) >= 11 is 5.74. The van der Waals surface area contributed by atoms with Gasteiger partial charge in [0, 0.05) is 31.4 Å². The highest BCUT2D eigenvalue weighted by molar-refractivity contribution is 6.31. The van der Waals surface area contributed by atoms with E-state index in [-0.39, 0.29) is 5.02 Å². The van der Waals surface area contributed by atoms with Gasteiger partial charge in [-0.05, 0) is 94.7 Å². The van der Waals surface area contributed by atoms with Crippen LogP contribution in [0.1, 0.15) is 54.0 Å². The molecule has 4 nitrogen and oxygen atoms in total. The molecule has 0 amide bonds. The lowest BCUT2D eigenvalue weighted by Crippen LogP contribution is -2.37. The van der Waals surface area contributed by atoms with Crippen molar-refractivity contribution < 1.29 is 17.9 Å². The van der Waals surface area contributed by atoms with E-state index in [1.807, 2.05) is 0 Å². The van der Waals surface area contributed by atoms with Crippen LogP contribution in [0.4, 0.5) is 18.9 Å². The van der Waals surface area contributed by atoms with Gasteiger partial charge in [0.2, 0.25) is 0 Å². The van der Waals surface area contributed by atoms with E-state index in [1.54, 1.807) is 6.07 Å². The van der Waals surface area contributed by atoms with Crippen LogP contribution >= 0.6 is 11.6 Å². The number of nitrogens with one attached hydrogen (secondary N) is 1. The molecule has 0 aromatic heterocycles. The van der Waals surface area contributed by atoms with Gasteiger partial charge in [-0.3, -0.25) is 4.90 Å². The van der Waals surface area contributed by atoms with Crippen molar-refractivity contribution >= 4 is 17.3 Å². The van der Waals surface area contributed by atoms with Crippen molar-refractivity contribution in [2.45, 2.75) is 51.7 Å². The summed E-state index contributed by atoms with van der Waals surface area (Å²) in [6, 6.07) is 8.55. The van der Waals surface area contributed by atoms with Gasteiger partial charge in [0.1, 0.15) is 5.75 Å². The third-order valence-corrected chi connectivity index (χ3v) is 7.09. The number of hydrogen-bond acceptors (Lipinski definition) is 4. The maximum atomic E-state index is 13.2. The molecule has 2 aromatic carbocycles. The Kier molecular flexibility index (Phi) is 9.73. The molecule has 1 saturated heterocycles. The highest BCUT2D eigenvalue weighted by Crippen LogP contribution is 2.37. The zero-order valence-electron chi connectivity index (χ0n) is 21.1. The van der Waals surface area contributed by atoms with E-state index in [0.717, 1.165) is 50.7 Å². The Labute approximate surface area is 212 Å². The first kappa shape index (κ1) is 27.6. The van der Waals surface area contributed by atoms with E-state index in [0.29, 0.717) is 24.9 Å². The highest BCUT2D eigenvalue weighted by Gasteiger charge is 2.33. The van der Waals surface area contributed by atoms with Gasteiger partial charge >= 0.3 is 6.18 Å². The normalized spacial score (nSPS) is 17.1. The molecule has 1 N–H and O–H groups in total. The van der Waals surface area contributed by atoms with Gasteiger partial charge in [-0.1, -0.05) is 24.1 Å². The van der Waals surface area contributed by atoms with E-state index < -0.39 is 11.7 Å². The monoisotopic (exact) mass is 511 g/mol. The van der Waals surface area contributed by atoms with Gasteiger partial charge < -0.3 is 15.0 Å². The molecule has 1 unspecified atom stereocenters. The van der Waals surface area contributed by atoms with Gasteiger partial charge in [-0.15, -0.1) is 0 Å². The highest BCUT2D eigenvalue weighted by atomic mass is 35.5. The van der Waals surface area contributed by atoms with Gasteiger partial charge in [-0.25, -0.2) is 0 Å². The predicted octanol–water partition coefficient (Wildman–Crippen LogP) is 6.95. The Morgan fingerprint density at radius 3 is 2.60 bits per heavy atom. The second-order valence-corrected chi connectivity index (χ2v) is 9.98. The smallest absolute Gasteiger partial charge is 0.417 e. The van der Waals surface area contributed by atoms with Gasteiger partial charge in [0.05, 0.1) is 17.2 Å². The molecule has 0 bridgehead atoms. The van der Waals surface area contributed by atoms with Crippen LogP contribution in [0.2, 0.25) is 5.02 Å². The third-order valence-electron chi connectivity index (χ3n) is 6.76. The van der Waals surface area contributed by atoms with E-state index in [9.17, 15) is 13.2 Å². The molecule has 194 valence electrons. The summed E-state index contributed by atoms with van der Waals surface area (Å²) < 4.78 is 45.6. The largest absolute Gasteiger partial charge is 0.493 e. The molecule has 35 heavy (non-hydrogen) atoms. The molecule has 1 atom stereocenters. The molecule has 0 aliphatic carbocycles. The average molecular weight is 512 g/mol. The molecular formula is C27H37ClF3N3O. The van der Waals surface area contributed by atoms with Crippen LogP contribution in [-0.4, -0.2) is 56.7 Å². The van der Waals surface area contributed by atoms with E-state index in [2.05, 4.69) is 55.2 Å². The van der Waals surface area contributed by atoms with E-state index in [1.165, 1.54) is 29.2 Å².